The molecule has 2 aromatic heterocycles. The van der Waals surface area contributed by atoms with Gasteiger partial charge in [0, 0.05) is 18.1 Å². The van der Waals surface area contributed by atoms with Crippen LogP contribution in [-0.2, 0) is 35.3 Å². The molecule has 0 saturated carbocycles. The number of nitrogens with zero attached hydrogens (tertiary/aromatic N) is 4. The van der Waals surface area contributed by atoms with Gasteiger partial charge in [0.1, 0.15) is 24.1 Å². The third kappa shape index (κ3) is 6.38. The predicted molar refractivity (Wildman–Crippen MR) is 141 cm³/mol. The van der Waals surface area contributed by atoms with Gasteiger partial charge in [0.2, 0.25) is 15.3 Å². The minimum atomic E-state index is -4.81. The molecule has 4 heterocycles. The van der Waals surface area contributed by atoms with E-state index in [0.717, 1.165) is 5.56 Å². The highest BCUT2D eigenvalue weighted by Gasteiger charge is 2.56. The zero-order valence-electron chi connectivity index (χ0n) is 20.6. The van der Waals surface area contributed by atoms with Crippen molar-refractivity contribution < 1.29 is 37.0 Å². The Bertz CT molecular complexity index is 1550. The monoisotopic (exact) mass is 622 g/mol. The summed E-state index contributed by atoms with van der Waals surface area (Å²) in [5.74, 6) is -0.603. The summed E-state index contributed by atoms with van der Waals surface area (Å²) < 4.78 is 57.3. The first-order valence-corrected chi connectivity index (χ1v) is 15.8. The fraction of sp³-hybridized carbons (Fsp3) is 0.476. The minimum absolute atomic E-state index is 0.0499. The highest BCUT2D eigenvalue weighted by molar-refractivity contribution is 7.95. The molecule has 4 N–H and O–H groups in total. The van der Waals surface area contributed by atoms with E-state index in [1.807, 2.05) is 18.2 Å². The van der Waals surface area contributed by atoms with Gasteiger partial charge in [-0.2, -0.15) is 15.1 Å². The van der Waals surface area contributed by atoms with Crippen LogP contribution in [0.4, 0.5) is 5.82 Å². The Morgan fingerprint density at radius 1 is 1.15 bits per heavy atom. The van der Waals surface area contributed by atoms with Crippen LogP contribution >= 0.6 is 30.8 Å². The van der Waals surface area contributed by atoms with Crippen LogP contribution in [0, 0.1) is 0 Å². The molecule has 0 unspecified atom stereocenters. The van der Waals surface area contributed by atoms with Crippen molar-refractivity contribution in [1.82, 2.24) is 24.5 Å². The zero-order valence-corrected chi connectivity index (χ0v) is 23.8. The van der Waals surface area contributed by atoms with E-state index in [4.69, 9.17) is 47.2 Å². The molecule has 0 amide bonds. The number of sulfonamides is 1. The van der Waals surface area contributed by atoms with Gasteiger partial charge in [-0.3, -0.25) is 4.57 Å². The Hall–Kier alpha value is -1.91. The number of anilines is 1. The van der Waals surface area contributed by atoms with Crippen molar-refractivity contribution >= 4 is 57.7 Å². The lowest BCUT2D eigenvalue weighted by molar-refractivity contribution is -0.196. The van der Waals surface area contributed by atoms with Crippen LogP contribution in [0.1, 0.15) is 25.6 Å². The summed E-state index contributed by atoms with van der Waals surface area (Å²) in [6.07, 6.45) is -1.67. The number of hydrogen-bond acceptors (Lipinski definition) is 10. The molecule has 3 aromatic rings. The fourth-order valence-corrected chi connectivity index (χ4v) is 7.46. The molecule has 2 saturated heterocycles. The van der Waals surface area contributed by atoms with Gasteiger partial charge in [0.25, 0.3) is 0 Å². The maximum Gasteiger partial charge on any atom is 0.341 e. The van der Waals surface area contributed by atoms with Gasteiger partial charge in [-0.1, -0.05) is 29.8 Å². The minimum Gasteiger partial charge on any atom is -0.365 e. The van der Waals surface area contributed by atoms with Gasteiger partial charge in [-0.05, 0) is 37.1 Å². The van der Waals surface area contributed by atoms with Gasteiger partial charge in [0.05, 0.1) is 11.6 Å². The van der Waals surface area contributed by atoms with E-state index in [-0.39, 0.29) is 11.8 Å². The molecule has 2 aliphatic rings. The molecule has 2 aliphatic heterocycles. The van der Waals surface area contributed by atoms with Crippen LogP contribution < -0.4 is 10.0 Å². The van der Waals surface area contributed by atoms with E-state index < -0.39 is 53.4 Å². The van der Waals surface area contributed by atoms with Crippen LogP contribution in [0.3, 0.4) is 0 Å². The smallest absolute Gasteiger partial charge is 0.341 e. The van der Waals surface area contributed by atoms with Crippen molar-refractivity contribution in [3.63, 3.8) is 0 Å². The lowest BCUT2D eigenvalue weighted by Gasteiger charge is -2.24. The van der Waals surface area contributed by atoms with Gasteiger partial charge in [0.15, 0.2) is 23.2 Å². The Labute approximate surface area is 233 Å². The van der Waals surface area contributed by atoms with Crippen molar-refractivity contribution in [3.8, 4) is 0 Å². The average Bonchev–Trinajstić information content (AvgIpc) is 3.46. The maximum absolute atomic E-state index is 12.2. The van der Waals surface area contributed by atoms with Crippen LogP contribution in [-0.4, -0.2) is 74.1 Å². The quantitative estimate of drug-likeness (QED) is 0.201. The molecule has 0 radical (unpaired) electrons. The second-order valence-electron chi connectivity index (χ2n) is 9.50. The summed E-state index contributed by atoms with van der Waals surface area (Å²) in [4.78, 5) is 26.7. The summed E-state index contributed by atoms with van der Waals surface area (Å²) in [6, 6.07) is 7.35. The van der Waals surface area contributed by atoms with E-state index >= 15 is 0 Å². The number of nitrogens with one attached hydrogen (secondary N) is 2. The molecule has 39 heavy (non-hydrogen) atoms. The van der Waals surface area contributed by atoms with Crippen LogP contribution in [0.5, 0.6) is 0 Å². The summed E-state index contributed by atoms with van der Waals surface area (Å²) in [6.45, 7) is 3.45. The number of hydrogen-bond donors (Lipinski definition) is 4. The second kappa shape index (κ2) is 10.5. The first kappa shape index (κ1) is 28.6. The van der Waals surface area contributed by atoms with Crippen molar-refractivity contribution in [2.75, 3.05) is 17.4 Å². The number of benzene rings is 1. The Morgan fingerprint density at radius 2 is 1.87 bits per heavy atom. The standard InChI is InChI=1S/C21H25Cl2N6O8PS/c1-21(2)36-15-14(9-26-39(33,34)10-38(30,31)32)35-19(16(15)37-21)29-18-12(8-25-29)17(27-20(23)28-18)24-7-11-5-3-4-6-13(11)22/h3-6,8,14-16,19,26H,7,9-10H2,1-2H3,(H,24,27,28)(H2,30,31,32)/t14-,15-,16-,19-/m1/s1. The Balaban J connectivity index is 1.41. The van der Waals surface area contributed by atoms with E-state index in [2.05, 4.69) is 25.1 Å². The van der Waals surface area contributed by atoms with E-state index in [0.29, 0.717) is 28.4 Å². The molecular weight excluding hydrogens is 598 g/mol. The van der Waals surface area contributed by atoms with Crippen molar-refractivity contribution in [2.24, 2.45) is 0 Å². The first-order valence-electron chi connectivity index (χ1n) is 11.6. The van der Waals surface area contributed by atoms with Crippen LogP contribution in [0.25, 0.3) is 11.0 Å². The molecule has 2 fully saturated rings. The van der Waals surface area contributed by atoms with E-state index in [1.54, 1.807) is 19.9 Å². The SMILES string of the molecule is CC1(C)O[C@@H]2[C@H](O1)[C@@H](CNS(=O)(=O)CP(=O)(O)O)O[C@H]2n1ncc2c(NCc3ccccc3Cl)nc(Cl)nc21. The molecule has 212 valence electrons. The number of aromatic nitrogens is 4. The highest BCUT2D eigenvalue weighted by atomic mass is 35.5. The summed E-state index contributed by atoms with van der Waals surface area (Å²) in [5, 5.41) is 8.72. The molecule has 0 aliphatic carbocycles. The topological polar surface area (TPSA) is 187 Å². The molecule has 0 bridgehead atoms. The number of ether oxygens (including phenoxy) is 3. The van der Waals surface area contributed by atoms with E-state index in [9.17, 15) is 13.0 Å². The lowest BCUT2D eigenvalue weighted by Crippen LogP contribution is -2.40. The number of fused-ring (bicyclic) bond motifs is 2. The predicted octanol–water partition coefficient (Wildman–Crippen LogP) is 2.22. The maximum atomic E-state index is 12.2. The van der Waals surface area contributed by atoms with Gasteiger partial charge >= 0.3 is 7.60 Å². The van der Waals surface area contributed by atoms with Gasteiger partial charge < -0.3 is 29.3 Å². The fourth-order valence-electron chi connectivity index (χ4n) is 4.54. The molecular formula is C21H25Cl2N6O8PS. The van der Waals surface area contributed by atoms with Crippen molar-refractivity contribution in [1.29, 1.82) is 0 Å². The molecule has 18 heteroatoms. The lowest BCUT2D eigenvalue weighted by atomic mass is 10.1. The summed E-state index contributed by atoms with van der Waals surface area (Å²) in [5.41, 5.74) is -0.174. The van der Waals surface area contributed by atoms with Gasteiger partial charge in [-0.15, -0.1) is 0 Å². The molecule has 1 aromatic carbocycles. The van der Waals surface area contributed by atoms with Crippen molar-refractivity contribution in [3.05, 3.63) is 46.3 Å². The number of rotatable bonds is 9. The normalized spacial score (nSPS) is 24.8. The Kier molecular flexibility index (Phi) is 7.70. The molecule has 4 atom stereocenters. The third-order valence-electron chi connectivity index (χ3n) is 6.04. The van der Waals surface area contributed by atoms with Crippen LogP contribution in [0.2, 0.25) is 10.3 Å². The highest BCUT2D eigenvalue weighted by Crippen LogP contribution is 2.44. The Morgan fingerprint density at radius 3 is 2.59 bits per heavy atom. The largest absolute Gasteiger partial charge is 0.365 e. The first-order chi connectivity index (χ1) is 18.2. The summed E-state index contributed by atoms with van der Waals surface area (Å²) in [7, 11) is -9.11. The summed E-state index contributed by atoms with van der Waals surface area (Å²) >= 11 is 12.5. The zero-order chi connectivity index (χ0) is 28.2. The molecule has 5 rings (SSSR count). The van der Waals surface area contributed by atoms with Gasteiger partial charge in [-0.25, -0.2) is 17.8 Å². The van der Waals surface area contributed by atoms with E-state index in [1.165, 1.54) is 10.9 Å². The third-order valence-corrected chi connectivity index (χ3v) is 9.89. The molecule has 14 nitrogen and oxygen atoms in total. The average molecular weight is 623 g/mol. The molecule has 0 spiro atoms. The second-order valence-corrected chi connectivity index (χ2v) is 14.1. The number of halogens is 2. The van der Waals surface area contributed by atoms with Crippen LogP contribution in [0.15, 0.2) is 30.5 Å². The van der Waals surface area contributed by atoms with Crippen molar-refractivity contribution in [2.45, 2.75) is 50.7 Å².